The predicted molar refractivity (Wildman–Crippen MR) is 72.6 cm³/mol. The summed E-state index contributed by atoms with van der Waals surface area (Å²) in [5, 5.41) is 0.611. The second-order valence-electron chi connectivity index (χ2n) is 3.89. The Bertz CT molecular complexity index is 645. The minimum Gasteiger partial charge on any atom is -0.274 e. The summed E-state index contributed by atoms with van der Waals surface area (Å²) < 4.78 is 0. The first-order valence-electron chi connectivity index (χ1n) is 5.40. The van der Waals surface area contributed by atoms with Crippen molar-refractivity contribution in [2.45, 2.75) is 16.7 Å². The fourth-order valence-corrected chi connectivity index (χ4v) is 3.11. The van der Waals surface area contributed by atoms with E-state index in [1.807, 2.05) is 24.3 Å². The number of halogens is 1. The van der Waals surface area contributed by atoms with Gasteiger partial charge in [0.25, 0.3) is 0 Å². The molecule has 1 aromatic heterocycles. The number of fused-ring (bicyclic) bond motifs is 2. The molecule has 0 aliphatic carbocycles. The van der Waals surface area contributed by atoms with Gasteiger partial charge in [0.15, 0.2) is 5.82 Å². The number of rotatable bonds is 0. The highest BCUT2D eigenvalue weighted by Crippen LogP contribution is 2.47. The standard InChI is InChI=1S/C13H9ClN2OS/c1-8(17)16-10-7-9(14)4-5-11(10)18-12-3-2-6-15-13(12)16/h2-7H,1H3. The van der Waals surface area contributed by atoms with E-state index in [0.717, 1.165) is 15.5 Å². The number of hydrogen-bond acceptors (Lipinski definition) is 3. The number of amides is 1. The Kier molecular flexibility index (Phi) is 2.76. The van der Waals surface area contributed by atoms with Crippen LogP contribution in [0.25, 0.3) is 0 Å². The Morgan fingerprint density at radius 2 is 2.17 bits per heavy atom. The molecule has 1 aromatic carbocycles. The quantitative estimate of drug-likeness (QED) is 0.732. The van der Waals surface area contributed by atoms with Gasteiger partial charge in [0.2, 0.25) is 5.91 Å². The zero-order valence-electron chi connectivity index (χ0n) is 9.55. The van der Waals surface area contributed by atoms with Crippen LogP contribution in [0.2, 0.25) is 5.02 Å². The molecule has 0 N–H and O–H groups in total. The summed E-state index contributed by atoms with van der Waals surface area (Å²) in [6.07, 6.45) is 1.69. The number of nitrogens with zero attached hydrogens (tertiary/aromatic N) is 2. The number of benzene rings is 1. The molecule has 0 bridgehead atoms. The van der Waals surface area contributed by atoms with Gasteiger partial charge in [0, 0.05) is 23.0 Å². The summed E-state index contributed by atoms with van der Waals surface area (Å²) in [5.41, 5.74) is 0.797. The van der Waals surface area contributed by atoms with Crippen molar-refractivity contribution in [3.63, 3.8) is 0 Å². The maximum Gasteiger partial charge on any atom is 0.229 e. The third-order valence-corrected chi connectivity index (χ3v) is 4.00. The molecule has 0 unspecified atom stereocenters. The number of hydrogen-bond donors (Lipinski definition) is 0. The Labute approximate surface area is 114 Å². The molecule has 2 aromatic rings. The molecule has 3 rings (SSSR count). The van der Waals surface area contributed by atoms with Gasteiger partial charge in [-0.25, -0.2) is 4.98 Å². The highest BCUT2D eigenvalue weighted by atomic mass is 35.5. The molecule has 5 heteroatoms. The molecule has 0 atom stereocenters. The lowest BCUT2D eigenvalue weighted by molar-refractivity contribution is -0.115. The van der Waals surface area contributed by atoms with E-state index < -0.39 is 0 Å². The van der Waals surface area contributed by atoms with Crippen molar-refractivity contribution < 1.29 is 4.79 Å². The summed E-state index contributed by atoms with van der Waals surface area (Å²) >= 11 is 7.60. The van der Waals surface area contributed by atoms with Crippen molar-refractivity contribution in [1.29, 1.82) is 0 Å². The smallest absolute Gasteiger partial charge is 0.229 e. The normalized spacial score (nSPS) is 12.9. The average Bonchev–Trinajstić information content (AvgIpc) is 2.35. The van der Waals surface area contributed by atoms with Crippen molar-refractivity contribution in [2.75, 3.05) is 4.90 Å². The van der Waals surface area contributed by atoms with Crippen LogP contribution in [0.1, 0.15) is 6.92 Å². The van der Waals surface area contributed by atoms with Crippen LogP contribution < -0.4 is 4.90 Å². The van der Waals surface area contributed by atoms with Gasteiger partial charge >= 0.3 is 0 Å². The lowest BCUT2D eigenvalue weighted by atomic mass is 10.2. The number of carbonyl (C=O) groups excluding carboxylic acids is 1. The SMILES string of the molecule is CC(=O)N1c2cc(Cl)ccc2Sc2cccnc21. The van der Waals surface area contributed by atoms with Crippen molar-refractivity contribution in [1.82, 2.24) is 4.98 Å². The average molecular weight is 277 g/mol. The van der Waals surface area contributed by atoms with E-state index >= 15 is 0 Å². The second kappa shape index (κ2) is 4.30. The number of carbonyl (C=O) groups is 1. The van der Waals surface area contributed by atoms with Gasteiger partial charge in [-0.1, -0.05) is 23.4 Å². The molecule has 3 nitrogen and oxygen atoms in total. The van der Waals surface area contributed by atoms with Crippen LogP contribution in [0.15, 0.2) is 46.3 Å². The number of anilines is 2. The van der Waals surface area contributed by atoms with Crippen LogP contribution in [0.5, 0.6) is 0 Å². The molecule has 0 radical (unpaired) electrons. The van der Waals surface area contributed by atoms with Crippen LogP contribution >= 0.6 is 23.4 Å². The molecule has 2 heterocycles. The van der Waals surface area contributed by atoms with Crippen molar-refractivity contribution in [3.8, 4) is 0 Å². The van der Waals surface area contributed by atoms with E-state index in [4.69, 9.17) is 11.6 Å². The first kappa shape index (κ1) is 11.6. The first-order valence-corrected chi connectivity index (χ1v) is 6.59. The Hall–Kier alpha value is -1.52. The van der Waals surface area contributed by atoms with Crippen molar-refractivity contribution in [2.24, 2.45) is 0 Å². The third kappa shape index (κ3) is 1.78. The zero-order chi connectivity index (χ0) is 12.7. The van der Waals surface area contributed by atoms with Crippen LogP contribution in [0, 0.1) is 0 Å². The van der Waals surface area contributed by atoms with Gasteiger partial charge in [-0.05, 0) is 30.3 Å². The Morgan fingerprint density at radius 1 is 1.33 bits per heavy atom. The predicted octanol–water partition coefficient (Wildman–Crippen LogP) is 3.88. The van der Waals surface area contributed by atoms with E-state index in [9.17, 15) is 4.79 Å². The fraction of sp³-hybridized carbons (Fsp3) is 0.0769. The molecular weight excluding hydrogens is 268 g/mol. The molecule has 0 spiro atoms. The monoisotopic (exact) mass is 276 g/mol. The van der Waals surface area contributed by atoms with Gasteiger partial charge in [-0.2, -0.15) is 0 Å². The van der Waals surface area contributed by atoms with E-state index in [0.29, 0.717) is 10.8 Å². The lowest BCUT2D eigenvalue weighted by Crippen LogP contribution is -2.26. The van der Waals surface area contributed by atoms with Crippen LogP contribution in [0.3, 0.4) is 0 Å². The summed E-state index contributed by atoms with van der Waals surface area (Å²) in [7, 11) is 0. The highest BCUT2D eigenvalue weighted by Gasteiger charge is 2.27. The largest absolute Gasteiger partial charge is 0.274 e. The van der Waals surface area contributed by atoms with Gasteiger partial charge in [0.1, 0.15) is 0 Å². The number of aromatic nitrogens is 1. The molecule has 0 fully saturated rings. The maximum absolute atomic E-state index is 11.9. The van der Waals surface area contributed by atoms with E-state index in [2.05, 4.69) is 4.98 Å². The van der Waals surface area contributed by atoms with Crippen molar-refractivity contribution >= 4 is 40.8 Å². The molecule has 18 heavy (non-hydrogen) atoms. The molecule has 1 amide bonds. The molecule has 0 saturated carbocycles. The number of pyridine rings is 1. The summed E-state index contributed by atoms with van der Waals surface area (Å²) in [6.45, 7) is 1.53. The zero-order valence-corrected chi connectivity index (χ0v) is 11.1. The fourth-order valence-electron chi connectivity index (χ4n) is 1.93. The summed E-state index contributed by atoms with van der Waals surface area (Å²) in [5.74, 6) is 0.600. The molecular formula is C13H9ClN2OS. The maximum atomic E-state index is 11.9. The van der Waals surface area contributed by atoms with Crippen LogP contribution in [-0.4, -0.2) is 10.9 Å². The van der Waals surface area contributed by atoms with E-state index in [1.165, 1.54) is 6.92 Å². The Balaban J connectivity index is 2.24. The van der Waals surface area contributed by atoms with Gasteiger partial charge in [-0.15, -0.1) is 0 Å². The minimum absolute atomic E-state index is 0.0706. The second-order valence-corrected chi connectivity index (χ2v) is 5.41. The third-order valence-electron chi connectivity index (χ3n) is 2.66. The highest BCUT2D eigenvalue weighted by molar-refractivity contribution is 7.99. The summed E-state index contributed by atoms with van der Waals surface area (Å²) in [6, 6.07) is 9.37. The van der Waals surface area contributed by atoms with E-state index in [-0.39, 0.29) is 5.91 Å². The topological polar surface area (TPSA) is 33.2 Å². The van der Waals surface area contributed by atoms with Crippen LogP contribution in [0.4, 0.5) is 11.5 Å². The summed E-state index contributed by atoms with van der Waals surface area (Å²) in [4.78, 5) is 19.7. The Morgan fingerprint density at radius 3 is 2.94 bits per heavy atom. The van der Waals surface area contributed by atoms with Crippen molar-refractivity contribution in [3.05, 3.63) is 41.6 Å². The molecule has 1 aliphatic rings. The van der Waals surface area contributed by atoms with Gasteiger partial charge in [-0.3, -0.25) is 9.69 Å². The van der Waals surface area contributed by atoms with E-state index in [1.54, 1.807) is 28.9 Å². The lowest BCUT2D eigenvalue weighted by Gasteiger charge is -2.28. The van der Waals surface area contributed by atoms with Gasteiger partial charge < -0.3 is 0 Å². The first-order chi connectivity index (χ1) is 8.66. The molecule has 1 aliphatic heterocycles. The molecule has 0 saturated heterocycles. The molecule has 90 valence electrons. The minimum atomic E-state index is -0.0706. The van der Waals surface area contributed by atoms with Crippen LogP contribution in [-0.2, 0) is 4.79 Å². The van der Waals surface area contributed by atoms with Gasteiger partial charge in [0.05, 0.1) is 10.6 Å².